The first kappa shape index (κ1) is 18.9. The van der Waals surface area contributed by atoms with Crippen LogP contribution >= 0.6 is 0 Å². The standard InChI is InChI=1S/C28H23O/c1-27(23-14-6-2-7-15-23,24-16-8-3-9-17-24)28(22-29,25-18-10-4-11-19-25)26-20-12-5-13-21-26/h2-22H,1H2. The van der Waals surface area contributed by atoms with Gasteiger partial charge in [-0.2, -0.15) is 0 Å². The Bertz CT molecular complexity index is 975. The van der Waals surface area contributed by atoms with Crippen molar-refractivity contribution in [1.29, 1.82) is 0 Å². The van der Waals surface area contributed by atoms with Gasteiger partial charge in [-0.1, -0.05) is 121 Å². The Hall–Kier alpha value is -3.45. The second-order valence-corrected chi connectivity index (χ2v) is 7.30. The van der Waals surface area contributed by atoms with E-state index in [1.54, 1.807) is 0 Å². The highest BCUT2D eigenvalue weighted by atomic mass is 16.1. The van der Waals surface area contributed by atoms with Crippen molar-refractivity contribution in [3.8, 4) is 0 Å². The molecule has 0 aliphatic carbocycles. The van der Waals surface area contributed by atoms with Crippen molar-refractivity contribution >= 4 is 6.29 Å². The highest BCUT2D eigenvalue weighted by molar-refractivity contribution is 5.81. The van der Waals surface area contributed by atoms with E-state index < -0.39 is 10.8 Å². The summed E-state index contributed by atoms with van der Waals surface area (Å²) >= 11 is 0. The quantitative estimate of drug-likeness (QED) is 0.378. The van der Waals surface area contributed by atoms with Crippen molar-refractivity contribution in [1.82, 2.24) is 0 Å². The van der Waals surface area contributed by atoms with Crippen molar-refractivity contribution in [3.63, 3.8) is 0 Å². The second-order valence-electron chi connectivity index (χ2n) is 7.30. The fourth-order valence-electron chi connectivity index (χ4n) is 4.37. The molecule has 1 heteroatoms. The topological polar surface area (TPSA) is 17.1 Å². The average molecular weight is 375 g/mol. The summed E-state index contributed by atoms with van der Waals surface area (Å²) < 4.78 is 0. The number of aldehydes is 1. The van der Waals surface area contributed by atoms with Gasteiger partial charge >= 0.3 is 0 Å². The number of rotatable bonds is 6. The maximum atomic E-state index is 13.2. The Morgan fingerprint density at radius 3 is 1.03 bits per heavy atom. The van der Waals surface area contributed by atoms with Crippen LogP contribution in [-0.2, 0) is 15.6 Å². The third kappa shape index (κ3) is 3.00. The molecule has 0 amide bonds. The predicted molar refractivity (Wildman–Crippen MR) is 119 cm³/mol. The summed E-state index contributed by atoms with van der Waals surface area (Å²) in [6.45, 7) is 4.77. The van der Waals surface area contributed by atoms with Gasteiger partial charge in [-0.3, -0.25) is 0 Å². The van der Waals surface area contributed by atoms with Crippen LogP contribution in [0.2, 0.25) is 0 Å². The molecule has 0 saturated carbocycles. The first-order valence-corrected chi connectivity index (χ1v) is 9.77. The molecule has 1 nitrogen and oxygen atoms in total. The summed E-state index contributed by atoms with van der Waals surface area (Å²) in [5.41, 5.74) is 1.96. The van der Waals surface area contributed by atoms with Crippen LogP contribution in [0.3, 0.4) is 0 Å². The van der Waals surface area contributed by atoms with Gasteiger partial charge in [0.1, 0.15) is 6.29 Å². The lowest BCUT2D eigenvalue weighted by molar-refractivity contribution is -0.112. The molecule has 141 valence electrons. The Morgan fingerprint density at radius 1 is 0.483 bits per heavy atom. The van der Waals surface area contributed by atoms with E-state index in [1.807, 2.05) is 97.1 Å². The predicted octanol–water partition coefficient (Wildman–Crippen LogP) is 5.99. The summed E-state index contributed by atoms with van der Waals surface area (Å²) in [7, 11) is 0. The van der Waals surface area contributed by atoms with E-state index in [1.165, 1.54) is 0 Å². The zero-order valence-corrected chi connectivity index (χ0v) is 16.2. The number of hydrogen-bond donors (Lipinski definition) is 0. The summed E-state index contributed by atoms with van der Waals surface area (Å²) in [5, 5.41) is 0. The average Bonchev–Trinajstić information content (AvgIpc) is 2.82. The Morgan fingerprint density at radius 2 is 0.759 bits per heavy atom. The van der Waals surface area contributed by atoms with Gasteiger partial charge in [-0.15, -0.1) is 0 Å². The highest BCUT2D eigenvalue weighted by Gasteiger charge is 2.52. The molecule has 4 aromatic rings. The van der Waals surface area contributed by atoms with Gasteiger partial charge in [0.2, 0.25) is 0 Å². The first-order valence-electron chi connectivity index (χ1n) is 9.77. The molecule has 29 heavy (non-hydrogen) atoms. The molecule has 0 aliphatic heterocycles. The van der Waals surface area contributed by atoms with E-state index in [9.17, 15) is 4.79 Å². The summed E-state index contributed by atoms with van der Waals surface area (Å²) in [4.78, 5) is 13.2. The molecular formula is C28H23O. The second kappa shape index (κ2) is 7.89. The molecule has 0 saturated heterocycles. The van der Waals surface area contributed by atoms with Gasteiger partial charge < -0.3 is 4.79 Å². The Labute approximate surface area is 172 Å². The number of carbonyl (C=O) groups is 1. The third-order valence-corrected chi connectivity index (χ3v) is 5.84. The van der Waals surface area contributed by atoms with Crippen molar-refractivity contribution in [2.45, 2.75) is 10.8 Å². The zero-order valence-electron chi connectivity index (χ0n) is 16.2. The Kier molecular flexibility index (Phi) is 5.14. The molecule has 0 unspecified atom stereocenters. The molecule has 0 aromatic heterocycles. The van der Waals surface area contributed by atoms with Crippen LogP contribution in [0, 0.1) is 6.92 Å². The molecule has 1 radical (unpaired) electrons. The van der Waals surface area contributed by atoms with Crippen LogP contribution in [0.5, 0.6) is 0 Å². The fraction of sp³-hybridized carbons (Fsp3) is 0.0714. The van der Waals surface area contributed by atoms with Gasteiger partial charge in [-0.25, -0.2) is 0 Å². The summed E-state index contributed by atoms with van der Waals surface area (Å²) in [6, 6.07) is 40.2. The van der Waals surface area contributed by atoms with Gasteiger partial charge in [0.15, 0.2) is 0 Å². The minimum atomic E-state index is -1.00. The largest absolute Gasteiger partial charge is 0.302 e. The number of hydrogen-bond acceptors (Lipinski definition) is 1. The van der Waals surface area contributed by atoms with E-state index in [-0.39, 0.29) is 0 Å². The van der Waals surface area contributed by atoms with Gasteiger partial charge in [0.25, 0.3) is 0 Å². The lowest BCUT2D eigenvalue weighted by Gasteiger charge is -2.47. The lowest BCUT2D eigenvalue weighted by Crippen LogP contribution is -2.50. The molecule has 0 heterocycles. The summed E-state index contributed by atoms with van der Waals surface area (Å²) in [6.07, 6.45) is 1.07. The van der Waals surface area contributed by atoms with Crippen molar-refractivity contribution in [2.24, 2.45) is 0 Å². The molecule has 4 aromatic carbocycles. The molecule has 0 spiro atoms. The van der Waals surface area contributed by atoms with Gasteiger partial charge in [0, 0.05) is 5.41 Å². The smallest absolute Gasteiger partial charge is 0.136 e. The third-order valence-electron chi connectivity index (χ3n) is 5.84. The van der Waals surface area contributed by atoms with Crippen LogP contribution in [0.25, 0.3) is 0 Å². The van der Waals surface area contributed by atoms with Crippen LogP contribution < -0.4 is 0 Å². The first-order chi connectivity index (χ1) is 14.2. The number of benzene rings is 4. The molecule has 0 fully saturated rings. The van der Waals surface area contributed by atoms with Crippen LogP contribution in [0.4, 0.5) is 0 Å². The van der Waals surface area contributed by atoms with Crippen LogP contribution in [0.15, 0.2) is 121 Å². The molecule has 0 N–H and O–H groups in total. The zero-order chi connectivity index (χ0) is 20.2. The summed E-state index contributed by atoms with van der Waals surface area (Å²) in [5.74, 6) is 0. The van der Waals surface area contributed by atoms with E-state index >= 15 is 0 Å². The lowest BCUT2D eigenvalue weighted by atomic mass is 9.53. The van der Waals surface area contributed by atoms with Gasteiger partial charge in [0.05, 0.1) is 5.41 Å². The fourth-order valence-corrected chi connectivity index (χ4v) is 4.37. The van der Waals surface area contributed by atoms with Crippen molar-refractivity contribution < 1.29 is 4.79 Å². The molecular weight excluding hydrogens is 352 g/mol. The van der Waals surface area contributed by atoms with E-state index in [4.69, 9.17) is 6.92 Å². The molecule has 0 bridgehead atoms. The minimum Gasteiger partial charge on any atom is -0.302 e. The van der Waals surface area contributed by atoms with Crippen LogP contribution in [0.1, 0.15) is 22.3 Å². The molecule has 0 aliphatic rings. The van der Waals surface area contributed by atoms with Crippen LogP contribution in [-0.4, -0.2) is 6.29 Å². The SMILES string of the molecule is [CH2]C(c1ccccc1)(c1ccccc1)C(C=O)(c1ccccc1)c1ccccc1. The molecule has 4 rings (SSSR count). The number of carbonyl (C=O) groups excluding carboxylic acids is 1. The van der Waals surface area contributed by atoms with Crippen molar-refractivity contribution in [3.05, 3.63) is 151 Å². The maximum absolute atomic E-state index is 13.2. The minimum absolute atomic E-state index is 0.861. The maximum Gasteiger partial charge on any atom is 0.136 e. The van der Waals surface area contributed by atoms with E-state index in [0.29, 0.717) is 0 Å². The molecule has 0 atom stereocenters. The highest BCUT2D eigenvalue weighted by Crippen LogP contribution is 2.51. The van der Waals surface area contributed by atoms with Gasteiger partial charge in [-0.05, 0) is 29.2 Å². The van der Waals surface area contributed by atoms with E-state index in [2.05, 4.69) is 24.3 Å². The van der Waals surface area contributed by atoms with E-state index in [0.717, 1.165) is 28.5 Å². The monoisotopic (exact) mass is 375 g/mol. The van der Waals surface area contributed by atoms with Crippen molar-refractivity contribution in [2.75, 3.05) is 0 Å². The Balaban J connectivity index is 2.15. The normalized spacial score (nSPS) is 11.8.